The molecule has 4 amide bonds. The highest BCUT2D eigenvalue weighted by molar-refractivity contribution is 5.86. The molecule has 21 nitrogen and oxygen atoms in total. The number of nitrogens with one attached hydrogen (secondary N) is 4. The molecular formula is C58H104ClN5O16. The first kappa shape index (κ1) is 80.8. The highest BCUT2D eigenvalue weighted by Crippen LogP contribution is 2.15. The number of carbonyl (C=O) groups is 9. The molecule has 0 aromatic heterocycles. The number of aliphatic carboxylic acids is 1. The number of amides is 4. The molecule has 0 aliphatic rings. The molecule has 0 aliphatic carbocycles. The maximum Gasteiger partial charge on any atom is 0.329 e. The fourth-order valence-electron chi connectivity index (χ4n) is 5.77. The normalized spacial score (nSPS) is 13.1. The first-order valence-electron chi connectivity index (χ1n) is 27.4. The molecule has 0 spiro atoms. The van der Waals surface area contributed by atoms with Crippen molar-refractivity contribution in [3.63, 3.8) is 0 Å². The number of carboxylic acids is 1. The number of esters is 6. The SMILES string of the molecule is CCCC.C[C@@H](N)CCC(=O)OC(C)(C)C.C[C@H](CCC(=O)OC(C)(C)C)NC(=O)N[C@@H](CCC(=O)O)C(=O)OC(C)(C)C.C[C@H](CCC(=O)OC(C)(C)C)NC(=O)N[C@@H](CCC(=O)OCc1ccccc1)C(=O)OC(C)(C)C.Cl. The van der Waals surface area contributed by atoms with Crippen LogP contribution in [0.15, 0.2) is 30.3 Å². The molecule has 0 heterocycles. The van der Waals surface area contributed by atoms with E-state index in [9.17, 15) is 43.2 Å². The molecule has 5 atom stereocenters. The molecular weight excluding hydrogens is 1060 g/mol. The molecule has 7 N–H and O–H groups in total. The van der Waals surface area contributed by atoms with Gasteiger partial charge in [0, 0.05) is 50.2 Å². The van der Waals surface area contributed by atoms with Crippen LogP contribution in [0, 0.1) is 0 Å². The van der Waals surface area contributed by atoms with Gasteiger partial charge in [0.1, 0.15) is 46.7 Å². The molecule has 0 saturated carbocycles. The predicted molar refractivity (Wildman–Crippen MR) is 311 cm³/mol. The van der Waals surface area contributed by atoms with Gasteiger partial charge in [0.05, 0.1) is 0 Å². The minimum atomic E-state index is -1.09. The fourth-order valence-corrected chi connectivity index (χ4v) is 5.77. The molecule has 0 unspecified atom stereocenters. The summed E-state index contributed by atoms with van der Waals surface area (Å²) >= 11 is 0. The van der Waals surface area contributed by atoms with Crippen LogP contribution >= 0.6 is 12.4 Å². The molecule has 0 fully saturated rings. The average molecular weight is 1160 g/mol. The number of halogens is 1. The Morgan fingerprint density at radius 1 is 0.463 bits per heavy atom. The van der Waals surface area contributed by atoms with Crippen molar-refractivity contribution in [2.75, 3.05) is 0 Å². The number of urea groups is 2. The largest absolute Gasteiger partial charge is 0.481 e. The van der Waals surface area contributed by atoms with E-state index < -0.39 is 70.4 Å². The minimum absolute atomic E-state index is 0. The number of unbranched alkanes of at least 4 members (excludes halogenated alkanes) is 1. The van der Waals surface area contributed by atoms with Gasteiger partial charge >= 0.3 is 53.8 Å². The zero-order valence-electron chi connectivity index (χ0n) is 52.0. The van der Waals surface area contributed by atoms with Crippen molar-refractivity contribution in [3.8, 4) is 0 Å². The van der Waals surface area contributed by atoms with Crippen molar-refractivity contribution < 1.29 is 76.7 Å². The first-order chi connectivity index (χ1) is 36.0. The standard InChI is InChI=1S/C26H40N2O7.C19H34N2O7.C9H19NO2.C4H10.ClH/c1-18(13-15-22(30)34-25(2,3)4)27-24(32)28-20(23(31)35-26(5,6)7)14-16-21(29)33-17-19-11-9-8-10-12-19;1-12(8-11-15(24)27-18(2,3)4)20-17(26)21-13(9-10-14(22)23)16(25)28-19(5,6)7;1-7(10)5-6-8(11)12-9(2,3)4;1-3-4-2;/h8-12,18,20H,13-17H2,1-7H3,(H2,27,28,32);12-13H,8-11H2,1-7H3,(H,22,23)(H2,20,21,26);7H,5-6,10H2,1-4H3;3-4H2,1-2H3;1H/t18-,20+;12-,13+;7-;;/m111../s1. The molecule has 0 bridgehead atoms. The lowest BCUT2D eigenvalue weighted by molar-refractivity contribution is -0.159. The number of rotatable bonds is 24. The number of carbonyl (C=O) groups excluding carboxylic acids is 8. The second kappa shape index (κ2) is 40.5. The molecule has 0 saturated heterocycles. The summed E-state index contributed by atoms with van der Waals surface area (Å²) in [6.07, 6.45) is 4.29. The maximum absolute atomic E-state index is 12.6. The number of ether oxygens (including phenoxy) is 6. The second-order valence-corrected chi connectivity index (χ2v) is 24.2. The van der Waals surface area contributed by atoms with Crippen LogP contribution in [-0.4, -0.2) is 117 Å². The monoisotopic (exact) mass is 1160 g/mol. The van der Waals surface area contributed by atoms with Crippen LogP contribution in [0.5, 0.6) is 0 Å². The van der Waals surface area contributed by atoms with Crippen LogP contribution in [0.3, 0.4) is 0 Å². The lowest BCUT2D eigenvalue weighted by Crippen LogP contribution is -2.50. The Morgan fingerprint density at radius 3 is 1.07 bits per heavy atom. The van der Waals surface area contributed by atoms with Gasteiger partial charge in [-0.3, -0.25) is 24.0 Å². The van der Waals surface area contributed by atoms with Gasteiger partial charge in [-0.2, -0.15) is 0 Å². The van der Waals surface area contributed by atoms with Crippen molar-refractivity contribution in [1.29, 1.82) is 0 Å². The van der Waals surface area contributed by atoms with Crippen LogP contribution in [0.25, 0.3) is 0 Å². The van der Waals surface area contributed by atoms with E-state index in [1.165, 1.54) is 12.8 Å². The van der Waals surface area contributed by atoms with Crippen LogP contribution in [-0.2, 0) is 68.6 Å². The third-order valence-electron chi connectivity index (χ3n) is 9.40. The lowest BCUT2D eigenvalue weighted by Gasteiger charge is -2.25. The Hall–Kier alpha value is -5.70. The van der Waals surface area contributed by atoms with E-state index in [4.69, 9.17) is 39.3 Å². The van der Waals surface area contributed by atoms with Crippen molar-refractivity contribution in [1.82, 2.24) is 21.3 Å². The summed E-state index contributed by atoms with van der Waals surface area (Å²) in [5.74, 6) is -3.81. The molecule has 1 aromatic rings. The van der Waals surface area contributed by atoms with E-state index in [2.05, 4.69) is 35.1 Å². The Bertz CT molecular complexity index is 1980. The van der Waals surface area contributed by atoms with Gasteiger partial charge < -0.3 is 60.5 Å². The van der Waals surface area contributed by atoms with Gasteiger partial charge in [0.15, 0.2) is 0 Å². The maximum atomic E-state index is 12.6. The summed E-state index contributed by atoms with van der Waals surface area (Å²) in [6.45, 7) is 36.3. The average Bonchev–Trinajstić information content (AvgIpc) is 3.27. The van der Waals surface area contributed by atoms with Crippen LogP contribution in [0.2, 0.25) is 0 Å². The quantitative estimate of drug-likeness (QED) is 0.0414. The van der Waals surface area contributed by atoms with Gasteiger partial charge in [-0.05, 0) is 162 Å². The molecule has 464 valence electrons. The Labute approximate surface area is 484 Å². The number of benzene rings is 1. The lowest BCUT2D eigenvalue weighted by atomic mass is 10.1. The molecule has 80 heavy (non-hydrogen) atoms. The summed E-state index contributed by atoms with van der Waals surface area (Å²) in [4.78, 5) is 107. The van der Waals surface area contributed by atoms with Crippen LogP contribution in [0.4, 0.5) is 9.59 Å². The molecule has 1 aromatic carbocycles. The van der Waals surface area contributed by atoms with E-state index in [1.54, 1.807) is 96.9 Å². The summed E-state index contributed by atoms with van der Waals surface area (Å²) < 4.78 is 31.4. The summed E-state index contributed by atoms with van der Waals surface area (Å²) in [7, 11) is 0. The highest BCUT2D eigenvalue weighted by atomic mass is 35.5. The van der Waals surface area contributed by atoms with E-state index in [0.29, 0.717) is 25.7 Å². The number of nitrogens with two attached hydrogens (primary N) is 1. The number of hydrogen-bond acceptors (Lipinski definition) is 16. The Kier molecular flexibility index (Phi) is 40.9. The third-order valence-corrected chi connectivity index (χ3v) is 9.40. The van der Waals surface area contributed by atoms with Gasteiger partial charge in [0.25, 0.3) is 0 Å². The summed E-state index contributed by atoms with van der Waals surface area (Å²) in [5.41, 5.74) is 3.29. The summed E-state index contributed by atoms with van der Waals surface area (Å²) in [5, 5.41) is 19.2. The zero-order valence-corrected chi connectivity index (χ0v) is 52.8. The Balaban J connectivity index is -0.000000569. The summed E-state index contributed by atoms with van der Waals surface area (Å²) in [6, 6.07) is 5.22. The number of carboxylic acid groups (broad SMARTS) is 1. The Morgan fingerprint density at radius 2 is 0.775 bits per heavy atom. The predicted octanol–water partition coefficient (Wildman–Crippen LogP) is 10.1. The van der Waals surface area contributed by atoms with Crippen molar-refractivity contribution >= 4 is 66.3 Å². The third kappa shape index (κ3) is 54.3. The van der Waals surface area contributed by atoms with Crippen molar-refractivity contribution in [3.05, 3.63) is 35.9 Å². The second-order valence-electron chi connectivity index (χ2n) is 24.2. The molecule has 1 rings (SSSR count). The van der Waals surface area contributed by atoms with E-state index in [-0.39, 0.29) is 99.2 Å². The van der Waals surface area contributed by atoms with E-state index >= 15 is 0 Å². The van der Waals surface area contributed by atoms with Crippen LogP contribution in [0.1, 0.15) is 221 Å². The highest BCUT2D eigenvalue weighted by Gasteiger charge is 2.30. The molecule has 0 aliphatic heterocycles. The van der Waals surface area contributed by atoms with Gasteiger partial charge in [-0.15, -0.1) is 12.4 Å². The van der Waals surface area contributed by atoms with Gasteiger partial charge in [0.2, 0.25) is 0 Å². The first-order valence-corrected chi connectivity index (χ1v) is 27.4. The van der Waals surface area contributed by atoms with Crippen molar-refractivity contribution in [2.45, 2.75) is 280 Å². The smallest absolute Gasteiger partial charge is 0.329 e. The fraction of sp³-hybridized carbons (Fsp3) is 0.741. The zero-order chi connectivity index (χ0) is 62.0. The van der Waals surface area contributed by atoms with E-state index in [1.807, 2.05) is 58.0 Å². The van der Waals surface area contributed by atoms with E-state index in [0.717, 1.165) is 5.56 Å². The molecule has 22 heteroatoms. The van der Waals surface area contributed by atoms with Crippen LogP contribution < -0.4 is 27.0 Å². The topological polar surface area (TPSA) is 303 Å². The van der Waals surface area contributed by atoms with Gasteiger partial charge in [-0.1, -0.05) is 57.0 Å². The van der Waals surface area contributed by atoms with Gasteiger partial charge in [-0.25, -0.2) is 19.2 Å². The minimum Gasteiger partial charge on any atom is -0.481 e. The number of hydrogen-bond donors (Lipinski definition) is 6. The molecule has 0 radical (unpaired) electrons. The van der Waals surface area contributed by atoms with Crippen molar-refractivity contribution in [2.24, 2.45) is 5.73 Å².